The van der Waals surface area contributed by atoms with E-state index in [9.17, 15) is 9.59 Å². The second-order valence-corrected chi connectivity index (χ2v) is 6.04. The van der Waals surface area contributed by atoms with Crippen molar-refractivity contribution in [2.24, 2.45) is 0 Å². The van der Waals surface area contributed by atoms with Gasteiger partial charge in [-0.25, -0.2) is 0 Å². The third-order valence-electron chi connectivity index (χ3n) is 4.82. The molecule has 20 heavy (non-hydrogen) atoms. The highest BCUT2D eigenvalue weighted by molar-refractivity contribution is 6.00. The highest BCUT2D eigenvalue weighted by Crippen LogP contribution is 2.45. The summed E-state index contributed by atoms with van der Waals surface area (Å²) in [6.45, 7) is 0.772. The highest BCUT2D eigenvalue weighted by Gasteiger charge is 2.46. The third-order valence-corrected chi connectivity index (χ3v) is 4.82. The first-order valence-corrected chi connectivity index (χ1v) is 7.01. The second kappa shape index (κ2) is 3.72. The quantitative estimate of drug-likeness (QED) is 0.745. The van der Waals surface area contributed by atoms with Gasteiger partial charge in [-0.05, 0) is 31.4 Å². The van der Waals surface area contributed by atoms with E-state index in [1.807, 2.05) is 36.2 Å². The third kappa shape index (κ3) is 1.31. The fraction of sp³-hybridized carbons (Fsp3) is 0.375. The van der Waals surface area contributed by atoms with E-state index in [4.69, 9.17) is 0 Å². The van der Waals surface area contributed by atoms with Crippen molar-refractivity contribution in [3.05, 3.63) is 35.5 Å². The number of hydrogen-bond donors (Lipinski definition) is 0. The molecular weight excluding hydrogens is 252 g/mol. The lowest BCUT2D eigenvalue weighted by molar-refractivity contribution is 0.0425. The minimum atomic E-state index is 0.0429. The number of nitrogens with zero attached hydrogens (tertiary/aromatic N) is 2. The van der Waals surface area contributed by atoms with Gasteiger partial charge in [0.2, 0.25) is 0 Å². The molecule has 1 aromatic carbocycles. The van der Waals surface area contributed by atoms with Crippen molar-refractivity contribution in [3.63, 3.8) is 0 Å². The summed E-state index contributed by atoms with van der Waals surface area (Å²) in [5.74, 6) is 0.0754. The van der Waals surface area contributed by atoms with Gasteiger partial charge in [0, 0.05) is 30.1 Å². The van der Waals surface area contributed by atoms with Crippen LogP contribution in [0.4, 0.5) is 0 Å². The van der Waals surface area contributed by atoms with Gasteiger partial charge in [0.1, 0.15) is 12.0 Å². The second-order valence-electron chi connectivity index (χ2n) is 6.04. The SMILES string of the molecule is CN1CC2(CCC2)n2c(cc3ccc(C=O)cc32)C1=O. The number of carbonyl (C=O) groups is 2. The van der Waals surface area contributed by atoms with E-state index in [2.05, 4.69) is 4.57 Å². The first kappa shape index (κ1) is 11.7. The predicted octanol–water partition coefficient (Wildman–Crippen LogP) is 2.42. The number of aromatic nitrogens is 1. The summed E-state index contributed by atoms with van der Waals surface area (Å²) in [5.41, 5.74) is 2.49. The van der Waals surface area contributed by atoms with Crippen LogP contribution in [0.3, 0.4) is 0 Å². The Labute approximate surface area is 117 Å². The van der Waals surface area contributed by atoms with Crippen molar-refractivity contribution in [1.29, 1.82) is 0 Å². The van der Waals surface area contributed by atoms with E-state index in [1.54, 1.807) is 0 Å². The maximum Gasteiger partial charge on any atom is 0.270 e. The van der Waals surface area contributed by atoms with Gasteiger partial charge in [-0.2, -0.15) is 0 Å². The summed E-state index contributed by atoms with van der Waals surface area (Å²) in [7, 11) is 1.88. The van der Waals surface area contributed by atoms with E-state index in [0.717, 1.165) is 42.3 Å². The Balaban J connectivity index is 2.05. The molecule has 1 fully saturated rings. The Hall–Kier alpha value is -2.10. The van der Waals surface area contributed by atoms with E-state index in [-0.39, 0.29) is 11.4 Å². The van der Waals surface area contributed by atoms with Crippen molar-refractivity contribution in [3.8, 4) is 0 Å². The lowest BCUT2D eigenvalue weighted by Gasteiger charge is -2.49. The molecule has 0 unspecified atom stereocenters. The molecule has 1 aliphatic carbocycles. The van der Waals surface area contributed by atoms with E-state index in [0.29, 0.717) is 5.56 Å². The lowest BCUT2D eigenvalue weighted by Crippen LogP contribution is -2.55. The zero-order chi connectivity index (χ0) is 13.9. The molecule has 1 spiro atoms. The number of amides is 1. The van der Waals surface area contributed by atoms with E-state index >= 15 is 0 Å². The Morgan fingerprint density at radius 3 is 2.70 bits per heavy atom. The maximum atomic E-state index is 12.4. The summed E-state index contributed by atoms with van der Waals surface area (Å²) in [6, 6.07) is 7.61. The number of carbonyl (C=O) groups excluding carboxylic acids is 2. The molecule has 2 aliphatic rings. The summed E-state index contributed by atoms with van der Waals surface area (Å²) in [5, 5.41) is 1.04. The molecular formula is C16H16N2O2. The normalized spacial score (nSPS) is 20.1. The number of likely N-dealkylation sites (N-methyl/N-ethyl adjacent to an activating group) is 1. The van der Waals surface area contributed by atoms with Gasteiger partial charge in [-0.1, -0.05) is 12.1 Å². The molecule has 0 bridgehead atoms. The predicted molar refractivity (Wildman–Crippen MR) is 76.1 cm³/mol. The molecule has 4 rings (SSSR count). The van der Waals surface area contributed by atoms with Crippen LogP contribution in [0.2, 0.25) is 0 Å². The molecule has 102 valence electrons. The summed E-state index contributed by atoms with van der Waals surface area (Å²) in [6.07, 6.45) is 4.28. The number of aldehydes is 1. The Kier molecular flexibility index (Phi) is 2.18. The number of benzene rings is 1. The number of hydrogen-bond acceptors (Lipinski definition) is 2. The van der Waals surface area contributed by atoms with Gasteiger partial charge in [0.05, 0.1) is 5.54 Å². The topological polar surface area (TPSA) is 42.3 Å². The largest absolute Gasteiger partial charge is 0.338 e. The summed E-state index contributed by atoms with van der Waals surface area (Å²) < 4.78 is 2.20. The van der Waals surface area contributed by atoms with Crippen LogP contribution >= 0.6 is 0 Å². The fourth-order valence-electron chi connectivity index (χ4n) is 3.71. The average molecular weight is 268 g/mol. The van der Waals surface area contributed by atoms with Crippen molar-refractivity contribution >= 4 is 23.1 Å². The molecule has 1 aromatic heterocycles. The molecule has 1 amide bonds. The van der Waals surface area contributed by atoms with Gasteiger partial charge in [0.25, 0.3) is 5.91 Å². The Bertz CT molecular complexity index is 740. The van der Waals surface area contributed by atoms with Crippen LogP contribution in [0.5, 0.6) is 0 Å². The summed E-state index contributed by atoms with van der Waals surface area (Å²) in [4.78, 5) is 25.2. The van der Waals surface area contributed by atoms with E-state index in [1.165, 1.54) is 6.42 Å². The van der Waals surface area contributed by atoms with Crippen LogP contribution in [0, 0.1) is 0 Å². The molecule has 4 nitrogen and oxygen atoms in total. The zero-order valence-corrected chi connectivity index (χ0v) is 11.4. The smallest absolute Gasteiger partial charge is 0.270 e. The monoisotopic (exact) mass is 268 g/mol. The number of fused-ring (bicyclic) bond motifs is 4. The molecule has 0 atom stereocenters. The maximum absolute atomic E-state index is 12.4. The molecule has 4 heteroatoms. The van der Waals surface area contributed by atoms with Crippen LogP contribution in [-0.2, 0) is 5.54 Å². The van der Waals surface area contributed by atoms with Gasteiger partial charge >= 0.3 is 0 Å². The van der Waals surface area contributed by atoms with Crippen LogP contribution in [0.15, 0.2) is 24.3 Å². The van der Waals surface area contributed by atoms with Gasteiger partial charge in [-0.3, -0.25) is 9.59 Å². The van der Waals surface area contributed by atoms with Crippen molar-refractivity contribution in [2.45, 2.75) is 24.8 Å². The van der Waals surface area contributed by atoms with E-state index < -0.39 is 0 Å². The average Bonchev–Trinajstić information content (AvgIpc) is 2.80. The number of rotatable bonds is 1. The molecule has 0 saturated heterocycles. The van der Waals surface area contributed by atoms with Gasteiger partial charge in [-0.15, -0.1) is 0 Å². The van der Waals surface area contributed by atoms with Gasteiger partial charge < -0.3 is 9.47 Å². The standard InChI is InChI=1S/C16H16N2O2/c1-17-10-16(5-2-6-16)18-13-7-11(9-19)3-4-12(13)8-14(18)15(17)20/h3-4,7-9H,2,5-6,10H2,1H3. The van der Waals surface area contributed by atoms with Crippen molar-refractivity contribution < 1.29 is 9.59 Å². The van der Waals surface area contributed by atoms with Crippen LogP contribution in [0.25, 0.3) is 10.9 Å². The first-order chi connectivity index (χ1) is 9.64. The van der Waals surface area contributed by atoms with Crippen molar-refractivity contribution in [1.82, 2.24) is 9.47 Å². The lowest BCUT2D eigenvalue weighted by atomic mass is 9.74. The van der Waals surface area contributed by atoms with Crippen molar-refractivity contribution in [2.75, 3.05) is 13.6 Å². The van der Waals surface area contributed by atoms with Crippen LogP contribution in [-0.4, -0.2) is 35.3 Å². The Morgan fingerprint density at radius 1 is 1.25 bits per heavy atom. The van der Waals surface area contributed by atoms with Gasteiger partial charge in [0.15, 0.2) is 0 Å². The molecule has 1 aliphatic heterocycles. The fourth-order valence-corrected chi connectivity index (χ4v) is 3.71. The summed E-state index contributed by atoms with van der Waals surface area (Å²) >= 11 is 0. The minimum absolute atomic E-state index is 0.0429. The molecule has 2 aromatic rings. The molecule has 2 heterocycles. The Morgan fingerprint density at radius 2 is 2.05 bits per heavy atom. The van der Waals surface area contributed by atoms with Crippen LogP contribution in [0.1, 0.15) is 40.1 Å². The first-order valence-electron chi connectivity index (χ1n) is 7.01. The highest BCUT2D eigenvalue weighted by atomic mass is 16.2. The molecule has 0 N–H and O–H groups in total. The molecule has 0 radical (unpaired) electrons. The minimum Gasteiger partial charge on any atom is -0.338 e. The zero-order valence-electron chi connectivity index (χ0n) is 11.4. The van der Waals surface area contributed by atoms with Crippen LogP contribution < -0.4 is 0 Å². The molecule has 1 saturated carbocycles.